The fourth-order valence-electron chi connectivity index (χ4n) is 3.46. The van der Waals surface area contributed by atoms with Crippen molar-refractivity contribution in [2.75, 3.05) is 17.7 Å². The predicted molar refractivity (Wildman–Crippen MR) is 120 cm³/mol. The van der Waals surface area contributed by atoms with Crippen LogP contribution >= 0.6 is 0 Å². The number of sulfonamides is 1. The SMILES string of the molecule is CC[C@@H](C(=O)NCc1ccc2ccccc2c1)N(c1cccc(OC)c1)S(C)(=O)=O. The van der Waals surface area contributed by atoms with E-state index in [-0.39, 0.29) is 5.91 Å². The molecule has 1 atom stereocenters. The Morgan fingerprint density at radius 2 is 1.77 bits per heavy atom. The quantitative estimate of drug-likeness (QED) is 0.596. The molecule has 7 heteroatoms. The topological polar surface area (TPSA) is 75.7 Å². The summed E-state index contributed by atoms with van der Waals surface area (Å²) in [5.41, 5.74) is 1.34. The van der Waals surface area contributed by atoms with Crippen molar-refractivity contribution < 1.29 is 17.9 Å². The maximum Gasteiger partial charge on any atom is 0.244 e. The Hall–Kier alpha value is -3.06. The zero-order chi connectivity index (χ0) is 21.7. The van der Waals surface area contributed by atoms with Gasteiger partial charge in [-0.15, -0.1) is 0 Å². The second-order valence-electron chi connectivity index (χ2n) is 7.08. The zero-order valence-corrected chi connectivity index (χ0v) is 18.1. The minimum atomic E-state index is -3.69. The maximum atomic E-state index is 13.0. The molecule has 1 N–H and O–H groups in total. The molecule has 6 nitrogen and oxygen atoms in total. The summed E-state index contributed by atoms with van der Waals surface area (Å²) in [6.07, 6.45) is 1.43. The monoisotopic (exact) mass is 426 g/mol. The zero-order valence-electron chi connectivity index (χ0n) is 17.3. The van der Waals surface area contributed by atoms with E-state index < -0.39 is 16.1 Å². The summed E-state index contributed by atoms with van der Waals surface area (Å²) in [6.45, 7) is 2.11. The summed E-state index contributed by atoms with van der Waals surface area (Å²) in [7, 11) is -2.18. The molecule has 0 heterocycles. The third kappa shape index (κ3) is 4.91. The lowest BCUT2D eigenvalue weighted by atomic mass is 10.1. The summed E-state index contributed by atoms with van der Waals surface area (Å²) < 4.78 is 31.5. The maximum absolute atomic E-state index is 13.0. The van der Waals surface area contributed by atoms with Crippen molar-refractivity contribution in [3.8, 4) is 5.75 Å². The van der Waals surface area contributed by atoms with Gasteiger partial charge in [-0.3, -0.25) is 9.10 Å². The molecule has 0 radical (unpaired) electrons. The van der Waals surface area contributed by atoms with E-state index in [1.165, 1.54) is 7.11 Å². The van der Waals surface area contributed by atoms with Crippen molar-refractivity contribution in [3.63, 3.8) is 0 Å². The van der Waals surface area contributed by atoms with Gasteiger partial charge in [-0.1, -0.05) is 49.4 Å². The summed E-state index contributed by atoms with van der Waals surface area (Å²) in [6, 6.07) is 19.8. The number of benzene rings is 3. The van der Waals surface area contributed by atoms with Crippen molar-refractivity contribution in [2.24, 2.45) is 0 Å². The van der Waals surface area contributed by atoms with Gasteiger partial charge < -0.3 is 10.1 Å². The molecular weight excluding hydrogens is 400 g/mol. The molecular formula is C23H26N2O4S. The van der Waals surface area contributed by atoms with Gasteiger partial charge >= 0.3 is 0 Å². The van der Waals surface area contributed by atoms with Crippen molar-refractivity contribution in [3.05, 3.63) is 72.3 Å². The van der Waals surface area contributed by atoms with Gasteiger partial charge in [-0.05, 0) is 41.0 Å². The second-order valence-corrected chi connectivity index (χ2v) is 8.94. The van der Waals surface area contributed by atoms with Gasteiger partial charge in [0.25, 0.3) is 0 Å². The number of amides is 1. The van der Waals surface area contributed by atoms with Gasteiger partial charge in [-0.2, -0.15) is 0 Å². The normalized spacial score (nSPS) is 12.4. The molecule has 0 aliphatic rings. The van der Waals surface area contributed by atoms with Gasteiger partial charge in [0.15, 0.2) is 0 Å². The Balaban J connectivity index is 1.82. The summed E-state index contributed by atoms with van der Waals surface area (Å²) >= 11 is 0. The van der Waals surface area contributed by atoms with Crippen LogP contribution in [0.15, 0.2) is 66.7 Å². The number of hydrogen-bond acceptors (Lipinski definition) is 4. The third-order valence-corrected chi connectivity index (χ3v) is 6.10. The first-order valence-corrected chi connectivity index (χ1v) is 11.6. The van der Waals surface area contributed by atoms with Crippen LogP contribution in [-0.4, -0.2) is 33.7 Å². The minimum absolute atomic E-state index is 0.315. The standard InChI is InChI=1S/C23H26N2O4S/c1-4-22(25(30(3,27)28)20-10-7-11-21(15-20)29-2)23(26)24-16-17-12-13-18-8-5-6-9-19(18)14-17/h5-15,22H,4,16H2,1-3H3,(H,24,26)/t22-/m0/s1. The Labute approximate surface area is 177 Å². The molecule has 3 aromatic rings. The highest BCUT2D eigenvalue weighted by molar-refractivity contribution is 7.92. The molecule has 1 amide bonds. The molecule has 0 aromatic heterocycles. The van der Waals surface area contributed by atoms with Crippen molar-refractivity contribution in [1.82, 2.24) is 5.32 Å². The van der Waals surface area contributed by atoms with Gasteiger partial charge in [0.2, 0.25) is 15.9 Å². The molecule has 0 saturated carbocycles. The number of methoxy groups -OCH3 is 1. The fourth-order valence-corrected chi connectivity index (χ4v) is 4.67. The highest BCUT2D eigenvalue weighted by Gasteiger charge is 2.31. The molecule has 158 valence electrons. The van der Waals surface area contributed by atoms with Crippen LogP contribution in [0.5, 0.6) is 5.75 Å². The number of anilines is 1. The number of carbonyl (C=O) groups excluding carboxylic acids is 1. The largest absolute Gasteiger partial charge is 0.497 e. The van der Waals surface area contributed by atoms with E-state index in [1.54, 1.807) is 31.2 Å². The number of rotatable bonds is 8. The summed E-state index contributed by atoms with van der Waals surface area (Å²) in [5, 5.41) is 5.10. The van der Waals surface area contributed by atoms with E-state index in [2.05, 4.69) is 5.32 Å². The number of fused-ring (bicyclic) bond motifs is 1. The number of ether oxygens (including phenoxy) is 1. The number of nitrogens with one attached hydrogen (secondary N) is 1. The van der Waals surface area contributed by atoms with Gasteiger partial charge in [0.1, 0.15) is 11.8 Å². The van der Waals surface area contributed by atoms with E-state index in [0.717, 1.165) is 26.9 Å². The Morgan fingerprint density at radius 3 is 2.43 bits per heavy atom. The van der Waals surface area contributed by atoms with E-state index in [0.29, 0.717) is 24.4 Å². The molecule has 3 rings (SSSR count). The van der Waals surface area contributed by atoms with E-state index in [1.807, 2.05) is 42.5 Å². The second kappa shape index (κ2) is 9.17. The highest BCUT2D eigenvalue weighted by atomic mass is 32.2. The van der Waals surface area contributed by atoms with E-state index >= 15 is 0 Å². The van der Waals surface area contributed by atoms with Gasteiger partial charge in [0, 0.05) is 12.6 Å². The Kier molecular flexibility index (Phi) is 6.62. The summed E-state index contributed by atoms with van der Waals surface area (Å²) in [4.78, 5) is 13.0. The summed E-state index contributed by atoms with van der Waals surface area (Å²) in [5.74, 6) is 0.173. The van der Waals surface area contributed by atoms with Crippen molar-refractivity contribution in [2.45, 2.75) is 25.9 Å². The lowest BCUT2D eigenvalue weighted by Gasteiger charge is -2.30. The number of hydrogen-bond donors (Lipinski definition) is 1. The first kappa shape index (κ1) is 21.6. The van der Waals surface area contributed by atoms with Crippen LogP contribution in [-0.2, 0) is 21.4 Å². The Bertz CT molecular complexity index is 1140. The van der Waals surface area contributed by atoms with Gasteiger partial charge in [-0.25, -0.2) is 8.42 Å². The van der Waals surface area contributed by atoms with Crippen LogP contribution in [0.1, 0.15) is 18.9 Å². The van der Waals surface area contributed by atoms with Crippen molar-refractivity contribution in [1.29, 1.82) is 0 Å². The molecule has 0 aliphatic heterocycles. The van der Waals surface area contributed by atoms with Crippen molar-refractivity contribution >= 4 is 32.4 Å². The predicted octanol–water partition coefficient (Wildman–Crippen LogP) is 3.71. The average Bonchev–Trinajstić information content (AvgIpc) is 2.74. The van der Waals surface area contributed by atoms with Crippen LogP contribution in [0.4, 0.5) is 5.69 Å². The molecule has 30 heavy (non-hydrogen) atoms. The first-order chi connectivity index (χ1) is 14.3. The van der Waals surface area contributed by atoms with Crippen LogP contribution in [0.2, 0.25) is 0 Å². The van der Waals surface area contributed by atoms with Crippen LogP contribution < -0.4 is 14.4 Å². The smallest absolute Gasteiger partial charge is 0.244 e. The molecule has 0 spiro atoms. The average molecular weight is 427 g/mol. The highest BCUT2D eigenvalue weighted by Crippen LogP contribution is 2.26. The lowest BCUT2D eigenvalue weighted by Crippen LogP contribution is -2.49. The molecule has 3 aromatic carbocycles. The van der Waals surface area contributed by atoms with E-state index in [4.69, 9.17) is 4.74 Å². The van der Waals surface area contributed by atoms with Crippen LogP contribution in [0.3, 0.4) is 0 Å². The molecule has 0 fully saturated rings. The molecule has 0 aliphatic carbocycles. The number of carbonyl (C=O) groups is 1. The number of nitrogens with zero attached hydrogens (tertiary/aromatic N) is 1. The third-order valence-electron chi connectivity index (χ3n) is 4.92. The Morgan fingerprint density at radius 1 is 1.03 bits per heavy atom. The molecule has 0 saturated heterocycles. The van der Waals surface area contributed by atoms with Crippen LogP contribution in [0, 0.1) is 0 Å². The van der Waals surface area contributed by atoms with Gasteiger partial charge in [0.05, 0.1) is 19.1 Å². The molecule has 0 bridgehead atoms. The minimum Gasteiger partial charge on any atom is -0.497 e. The first-order valence-electron chi connectivity index (χ1n) is 9.72. The lowest BCUT2D eigenvalue weighted by molar-refractivity contribution is -0.122. The van der Waals surface area contributed by atoms with E-state index in [9.17, 15) is 13.2 Å². The molecule has 0 unspecified atom stereocenters. The fraction of sp³-hybridized carbons (Fsp3) is 0.261. The van der Waals surface area contributed by atoms with Crippen LogP contribution in [0.25, 0.3) is 10.8 Å².